The molecule has 10 heteroatoms. The van der Waals surface area contributed by atoms with Gasteiger partial charge in [-0.1, -0.05) is 22.6 Å². The summed E-state index contributed by atoms with van der Waals surface area (Å²) in [6.07, 6.45) is -14.6. The fourth-order valence-electron chi connectivity index (χ4n) is 0.726. The van der Waals surface area contributed by atoms with E-state index in [-0.39, 0.29) is 0 Å². The van der Waals surface area contributed by atoms with Crippen molar-refractivity contribution in [2.24, 2.45) is 0 Å². The Hall–Kier alpha value is -0.290. The van der Waals surface area contributed by atoms with Gasteiger partial charge in [0.15, 0.2) is 0 Å². The van der Waals surface area contributed by atoms with Crippen LogP contribution in [0.2, 0.25) is 0 Å². The molecule has 0 fully saturated rings. The monoisotopic (exact) mass is 368 g/mol. The van der Waals surface area contributed by atoms with Crippen molar-refractivity contribution in [2.45, 2.75) is 28.4 Å². The van der Waals surface area contributed by atoms with Crippen LogP contribution in [0.4, 0.5) is 30.7 Å². The zero-order chi connectivity index (χ0) is 13.4. The standard InChI is InChI=1S/C6H4F7IO2/c7-4(5(8,9)10,6(11,12)13)1-2(14)3(15)16/h2H,1H2,(H,15,16). The van der Waals surface area contributed by atoms with E-state index in [1.54, 1.807) is 0 Å². The molecular formula is C6H4F7IO2. The van der Waals surface area contributed by atoms with Gasteiger partial charge in [-0.25, -0.2) is 4.39 Å². The van der Waals surface area contributed by atoms with E-state index in [4.69, 9.17) is 5.11 Å². The van der Waals surface area contributed by atoms with Crippen LogP contribution in [0.3, 0.4) is 0 Å². The molecule has 0 amide bonds. The van der Waals surface area contributed by atoms with E-state index in [2.05, 4.69) is 0 Å². The Balaban J connectivity index is 5.21. The topological polar surface area (TPSA) is 37.3 Å². The molecule has 0 aliphatic rings. The van der Waals surface area contributed by atoms with Crippen molar-refractivity contribution in [2.75, 3.05) is 0 Å². The summed E-state index contributed by atoms with van der Waals surface area (Å²) >= 11 is 0.797. The number of alkyl halides is 8. The van der Waals surface area contributed by atoms with Crippen molar-refractivity contribution in [1.29, 1.82) is 0 Å². The van der Waals surface area contributed by atoms with Gasteiger partial charge in [-0.3, -0.25) is 4.79 Å². The molecule has 0 saturated carbocycles. The van der Waals surface area contributed by atoms with Crippen LogP contribution in [0, 0.1) is 0 Å². The maximum absolute atomic E-state index is 12.9. The van der Waals surface area contributed by atoms with Crippen molar-refractivity contribution in [3.8, 4) is 0 Å². The van der Waals surface area contributed by atoms with Crippen LogP contribution in [0.25, 0.3) is 0 Å². The third-order valence-corrected chi connectivity index (χ3v) is 2.60. The first-order chi connectivity index (χ1) is 6.83. The Morgan fingerprint density at radius 1 is 1.06 bits per heavy atom. The first-order valence-corrected chi connectivity index (χ1v) is 4.76. The van der Waals surface area contributed by atoms with Gasteiger partial charge in [-0.15, -0.1) is 0 Å². The Labute approximate surface area is 97.9 Å². The molecule has 0 heterocycles. The number of halogens is 8. The minimum Gasteiger partial charge on any atom is -0.480 e. The molecule has 0 aromatic rings. The number of aliphatic carboxylic acids is 1. The zero-order valence-electron chi connectivity index (χ0n) is 7.16. The third kappa shape index (κ3) is 3.10. The summed E-state index contributed by atoms with van der Waals surface area (Å²) in [5.41, 5.74) is -5.51. The SMILES string of the molecule is O=C(O)C(I)CC(F)(C(F)(F)F)C(F)(F)F. The molecule has 0 saturated heterocycles. The van der Waals surface area contributed by atoms with Gasteiger partial charge in [-0.2, -0.15) is 26.3 Å². The lowest BCUT2D eigenvalue weighted by atomic mass is 9.98. The number of carboxylic acids is 1. The van der Waals surface area contributed by atoms with Gasteiger partial charge in [0, 0.05) is 6.42 Å². The van der Waals surface area contributed by atoms with Crippen LogP contribution in [0.15, 0.2) is 0 Å². The maximum Gasteiger partial charge on any atom is 0.431 e. The molecule has 2 nitrogen and oxygen atoms in total. The Morgan fingerprint density at radius 3 is 1.56 bits per heavy atom. The second kappa shape index (κ2) is 4.53. The van der Waals surface area contributed by atoms with E-state index in [1.165, 1.54) is 0 Å². The zero-order valence-corrected chi connectivity index (χ0v) is 9.32. The first-order valence-electron chi connectivity index (χ1n) is 3.52. The van der Waals surface area contributed by atoms with Gasteiger partial charge in [0.05, 0.1) is 0 Å². The summed E-state index contributed by atoms with van der Waals surface area (Å²) < 4.78 is 82.4. The quantitative estimate of drug-likeness (QED) is 0.473. The van der Waals surface area contributed by atoms with E-state index < -0.39 is 34.3 Å². The lowest BCUT2D eigenvalue weighted by molar-refractivity contribution is -0.342. The third-order valence-electron chi connectivity index (χ3n) is 1.63. The van der Waals surface area contributed by atoms with E-state index in [1.807, 2.05) is 0 Å². The van der Waals surface area contributed by atoms with Crippen LogP contribution < -0.4 is 0 Å². The highest BCUT2D eigenvalue weighted by Gasteiger charge is 2.72. The largest absolute Gasteiger partial charge is 0.480 e. The van der Waals surface area contributed by atoms with Gasteiger partial charge in [0.1, 0.15) is 3.92 Å². The second-order valence-electron chi connectivity index (χ2n) is 2.81. The average Bonchev–Trinajstić information content (AvgIpc) is 1.99. The lowest BCUT2D eigenvalue weighted by Gasteiger charge is -2.30. The van der Waals surface area contributed by atoms with E-state index in [0.29, 0.717) is 0 Å². The van der Waals surface area contributed by atoms with Gasteiger partial charge in [-0.05, 0) is 0 Å². The molecule has 0 aromatic carbocycles. The first kappa shape index (κ1) is 15.7. The average molecular weight is 368 g/mol. The van der Waals surface area contributed by atoms with Gasteiger partial charge in [0.2, 0.25) is 0 Å². The molecule has 16 heavy (non-hydrogen) atoms. The van der Waals surface area contributed by atoms with Crippen LogP contribution in [0.5, 0.6) is 0 Å². The van der Waals surface area contributed by atoms with Crippen LogP contribution in [0.1, 0.15) is 6.42 Å². The highest BCUT2D eigenvalue weighted by atomic mass is 127. The van der Waals surface area contributed by atoms with Crippen LogP contribution in [-0.2, 0) is 4.79 Å². The number of hydrogen-bond donors (Lipinski definition) is 1. The summed E-state index contributed by atoms with van der Waals surface area (Å²) in [6, 6.07) is 0. The summed E-state index contributed by atoms with van der Waals surface area (Å²) in [4.78, 5) is 10.1. The Bertz CT molecular complexity index is 257. The van der Waals surface area contributed by atoms with E-state index in [9.17, 15) is 35.5 Å². The molecule has 1 N–H and O–H groups in total. The molecule has 0 bridgehead atoms. The number of carboxylic acid groups (broad SMARTS) is 1. The van der Waals surface area contributed by atoms with Crippen molar-refractivity contribution in [3.05, 3.63) is 0 Å². The van der Waals surface area contributed by atoms with Crippen molar-refractivity contribution >= 4 is 28.6 Å². The Kier molecular flexibility index (Phi) is 4.45. The van der Waals surface area contributed by atoms with Gasteiger partial charge < -0.3 is 5.11 Å². The molecule has 0 aliphatic heterocycles. The smallest absolute Gasteiger partial charge is 0.431 e. The van der Waals surface area contributed by atoms with Crippen LogP contribution in [-0.4, -0.2) is 33.0 Å². The van der Waals surface area contributed by atoms with Gasteiger partial charge >= 0.3 is 24.0 Å². The number of carbonyl (C=O) groups is 1. The molecule has 1 atom stereocenters. The normalized spacial score (nSPS) is 16.0. The maximum atomic E-state index is 12.9. The fourth-order valence-corrected chi connectivity index (χ4v) is 1.33. The lowest BCUT2D eigenvalue weighted by Crippen LogP contribution is -2.55. The highest BCUT2D eigenvalue weighted by molar-refractivity contribution is 14.1. The molecule has 0 radical (unpaired) electrons. The number of rotatable bonds is 3. The van der Waals surface area contributed by atoms with Crippen molar-refractivity contribution < 1.29 is 40.6 Å². The molecule has 1 unspecified atom stereocenters. The number of hydrogen-bond acceptors (Lipinski definition) is 1. The summed E-state index contributed by atoms with van der Waals surface area (Å²) in [6.45, 7) is 0. The Morgan fingerprint density at radius 2 is 1.38 bits per heavy atom. The van der Waals surface area contributed by atoms with Crippen molar-refractivity contribution in [1.82, 2.24) is 0 Å². The summed E-state index contributed by atoms with van der Waals surface area (Å²) in [5, 5.41) is 8.17. The van der Waals surface area contributed by atoms with E-state index in [0.717, 1.165) is 22.6 Å². The predicted molar refractivity (Wildman–Crippen MR) is 46.0 cm³/mol. The van der Waals surface area contributed by atoms with E-state index >= 15 is 0 Å². The second-order valence-corrected chi connectivity index (χ2v) is 4.31. The fraction of sp³-hybridized carbons (Fsp3) is 0.833. The molecule has 96 valence electrons. The summed E-state index contributed by atoms with van der Waals surface area (Å²) in [7, 11) is 0. The highest BCUT2D eigenvalue weighted by Crippen LogP contribution is 2.49. The van der Waals surface area contributed by atoms with Crippen LogP contribution >= 0.6 is 22.6 Å². The molecule has 0 rings (SSSR count). The molecule has 0 aromatic heterocycles. The molecule has 0 spiro atoms. The molecular weight excluding hydrogens is 364 g/mol. The minimum absolute atomic E-state index is 0.797. The predicted octanol–water partition coefficient (Wildman–Crippen LogP) is 3.10. The minimum atomic E-state index is -6.20. The molecule has 0 aliphatic carbocycles. The van der Waals surface area contributed by atoms with Gasteiger partial charge in [0.25, 0.3) is 0 Å². The summed E-state index contributed by atoms with van der Waals surface area (Å²) in [5.74, 6) is -1.95. The van der Waals surface area contributed by atoms with Crippen molar-refractivity contribution in [3.63, 3.8) is 0 Å².